The number of methoxy groups -OCH3 is 1. The third kappa shape index (κ3) is 4.24. The molecule has 150 valence electrons. The first kappa shape index (κ1) is 19.0. The first-order valence-electron chi connectivity index (χ1n) is 8.91. The lowest BCUT2D eigenvalue weighted by molar-refractivity contribution is 0.150. The van der Waals surface area contributed by atoms with Gasteiger partial charge in [-0.05, 0) is 30.2 Å². The van der Waals surface area contributed by atoms with Gasteiger partial charge in [0, 0.05) is 17.4 Å². The Labute approximate surface area is 172 Å². The third-order valence-electron chi connectivity index (χ3n) is 4.37. The summed E-state index contributed by atoms with van der Waals surface area (Å²) in [6.07, 6.45) is 4.83. The molecule has 3 aromatic rings. The van der Waals surface area contributed by atoms with Gasteiger partial charge >= 0.3 is 6.09 Å². The highest BCUT2D eigenvalue weighted by Crippen LogP contribution is 2.27. The van der Waals surface area contributed by atoms with E-state index in [1.807, 2.05) is 25.3 Å². The first-order valence-corrected chi connectivity index (χ1v) is 9.29. The van der Waals surface area contributed by atoms with Crippen molar-refractivity contribution in [2.24, 2.45) is 0 Å². The number of rotatable bonds is 6. The number of nitrogens with one attached hydrogen (secondary N) is 1. The highest BCUT2D eigenvalue weighted by molar-refractivity contribution is 6.31. The number of benzene rings is 1. The summed E-state index contributed by atoms with van der Waals surface area (Å²) in [5.74, 6) is 0.685. The number of carbonyl (C=O) groups excluding carboxylic acids is 1. The van der Waals surface area contributed by atoms with Gasteiger partial charge in [-0.3, -0.25) is 9.58 Å². The van der Waals surface area contributed by atoms with E-state index in [1.165, 1.54) is 13.3 Å². The van der Waals surface area contributed by atoms with E-state index in [0.29, 0.717) is 36.7 Å². The monoisotopic (exact) mass is 414 g/mol. The first-order chi connectivity index (χ1) is 14.0. The maximum atomic E-state index is 11.6. The van der Waals surface area contributed by atoms with Crippen LogP contribution >= 0.6 is 11.6 Å². The molecule has 1 aliphatic rings. The Hall–Kier alpha value is -3.33. The summed E-state index contributed by atoms with van der Waals surface area (Å²) in [5.41, 5.74) is 3.78. The van der Waals surface area contributed by atoms with Crippen molar-refractivity contribution in [3.05, 3.63) is 47.4 Å². The zero-order valence-electron chi connectivity index (χ0n) is 15.9. The predicted octanol–water partition coefficient (Wildman–Crippen LogP) is 3.46. The lowest BCUT2D eigenvalue weighted by Crippen LogP contribution is -2.27. The zero-order chi connectivity index (χ0) is 20.4. The van der Waals surface area contributed by atoms with Crippen LogP contribution in [0.2, 0.25) is 5.02 Å². The maximum Gasteiger partial charge on any atom is 0.411 e. The Morgan fingerprint density at radius 2 is 2.14 bits per heavy atom. The molecule has 0 unspecified atom stereocenters. The van der Waals surface area contributed by atoms with Gasteiger partial charge in [-0.2, -0.15) is 10.1 Å². The predicted molar refractivity (Wildman–Crippen MR) is 107 cm³/mol. The second-order valence-electron chi connectivity index (χ2n) is 6.55. The Morgan fingerprint density at radius 1 is 1.28 bits per heavy atom. The van der Waals surface area contributed by atoms with Gasteiger partial charge < -0.3 is 14.8 Å². The molecule has 0 aliphatic carbocycles. The largest absolute Gasteiger partial charge is 0.480 e. The van der Waals surface area contributed by atoms with Crippen LogP contribution < -0.4 is 10.1 Å². The highest BCUT2D eigenvalue weighted by Gasteiger charge is 2.22. The van der Waals surface area contributed by atoms with Crippen molar-refractivity contribution in [2.75, 3.05) is 25.6 Å². The van der Waals surface area contributed by atoms with Gasteiger partial charge in [-0.1, -0.05) is 17.7 Å². The minimum atomic E-state index is -0.317. The molecule has 1 fully saturated rings. The molecule has 0 atom stereocenters. The number of carbonyl (C=O) groups is 1. The van der Waals surface area contributed by atoms with Crippen LogP contribution in [0.5, 0.6) is 5.88 Å². The molecular formula is C19H19ClN6O3. The Balaban J connectivity index is 1.55. The second-order valence-corrected chi connectivity index (χ2v) is 6.96. The van der Waals surface area contributed by atoms with Gasteiger partial charge in [0.25, 0.3) is 0 Å². The van der Waals surface area contributed by atoms with Gasteiger partial charge in [0.1, 0.15) is 18.3 Å². The normalized spacial score (nSPS) is 13.5. The molecule has 0 bridgehead atoms. The number of aromatic nitrogens is 4. The van der Waals surface area contributed by atoms with Gasteiger partial charge in [-0.25, -0.2) is 9.78 Å². The van der Waals surface area contributed by atoms with Crippen molar-refractivity contribution in [1.82, 2.24) is 24.6 Å². The number of hydrogen-bond acceptors (Lipinski definition) is 7. The lowest BCUT2D eigenvalue weighted by Gasteiger charge is -2.12. The van der Waals surface area contributed by atoms with E-state index >= 15 is 0 Å². The zero-order valence-corrected chi connectivity index (χ0v) is 16.7. The molecule has 29 heavy (non-hydrogen) atoms. The highest BCUT2D eigenvalue weighted by atomic mass is 35.5. The van der Waals surface area contributed by atoms with E-state index in [2.05, 4.69) is 26.4 Å². The average molecular weight is 415 g/mol. The molecule has 1 aliphatic heterocycles. The summed E-state index contributed by atoms with van der Waals surface area (Å²) in [5, 5.41) is 7.87. The summed E-state index contributed by atoms with van der Waals surface area (Å²) in [6, 6.07) is 6.02. The van der Waals surface area contributed by atoms with E-state index in [-0.39, 0.29) is 6.09 Å². The molecule has 1 saturated heterocycles. The van der Waals surface area contributed by atoms with Crippen LogP contribution in [-0.2, 0) is 11.4 Å². The van der Waals surface area contributed by atoms with E-state index in [1.54, 1.807) is 15.8 Å². The molecule has 1 amide bonds. The van der Waals surface area contributed by atoms with Crippen LogP contribution in [0.25, 0.3) is 11.1 Å². The van der Waals surface area contributed by atoms with E-state index in [0.717, 1.165) is 22.4 Å². The molecule has 1 N–H and O–H groups in total. The third-order valence-corrected chi connectivity index (χ3v) is 4.63. The molecule has 3 heterocycles. The van der Waals surface area contributed by atoms with Crippen molar-refractivity contribution in [3.8, 4) is 17.0 Å². The molecule has 10 heteroatoms. The number of nitrogens with zero attached hydrogens (tertiary/aromatic N) is 5. The number of halogens is 1. The number of cyclic esters (lactones) is 1. The molecule has 1 aromatic carbocycles. The smallest absolute Gasteiger partial charge is 0.411 e. The number of hydrogen-bond donors (Lipinski definition) is 1. The number of anilines is 2. The SMILES string of the molecule is COc1nc(Nc2cc(C)cc(-c3cnn(CN4CCOC4=O)c3)c2)ncc1Cl. The van der Waals surface area contributed by atoms with Crippen LogP contribution in [0, 0.1) is 6.92 Å². The van der Waals surface area contributed by atoms with E-state index in [4.69, 9.17) is 21.1 Å². The maximum absolute atomic E-state index is 11.6. The average Bonchev–Trinajstić information content (AvgIpc) is 3.33. The standard InChI is InChI=1S/C19H19ClN6O3/c1-12-5-13(14-8-22-26(10-14)11-25-3-4-29-19(25)27)7-15(6-12)23-18-21-9-16(20)17(24-18)28-2/h5-10H,3-4,11H2,1-2H3,(H,21,23,24). The number of amides is 1. The van der Waals surface area contributed by atoms with Crippen molar-refractivity contribution in [3.63, 3.8) is 0 Å². The Morgan fingerprint density at radius 3 is 2.90 bits per heavy atom. The number of ether oxygens (including phenoxy) is 2. The molecule has 9 nitrogen and oxygen atoms in total. The molecule has 0 radical (unpaired) electrons. The van der Waals surface area contributed by atoms with Crippen molar-refractivity contribution < 1.29 is 14.3 Å². The van der Waals surface area contributed by atoms with Crippen LogP contribution in [0.15, 0.2) is 36.8 Å². The van der Waals surface area contributed by atoms with Crippen LogP contribution in [0.4, 0.5) is 16.4 Å². The topological polar surface area (TPSA) is 94.4 Å². The van der Waals surface area contributed by atoms with Crippen molar-refractivity contribution in [2.45, 2.75) is 13.6 Å². The fourth-order valence-electron chi connectivity index (χ4n) is 3.02. The van der Waals surface area contributed by atoms with Crippen LogP contribution in [-0.4, -0.2) is 51.0 Å². The summed E-state index contributed by atoms with van der Waals surface area (Å²) in [6.45, 7) is 3.34. The fraction of sp³-hybridized carbons (Fsp3) is 0.263. The summed E-state index contributed by atoms with van der Waals surface area (Å²) >= 11 is 5.98. The summed E-state index contributed by atoms with van der Waals surface area (Å²) in [4.78, 5) is 21.6. The van der Waals surface area contributed by atoms with Crippen LogP contribution in [0.1, 0.15) is 5.56 Å². The summed E-state index contributed by atoms with van der Waals surface area (Å²) < 4.78 is 11.8. The fourth-order valence-corrected chi connectivity index (χ4v) is 3.19. The van der Waals surface area contributed by atoms with Gasteiger partial charge in [0.15, 0.2) is 0 Å². The second kappa shape index (κ2) is 7.96. The molecular weight excluding hydrogens is 396 g/mol. The Kier molecular flexibility index (Phi) is 5.22. The van der Waals surface area contributed by atoms with Gasteiger partial charge in [0.2, 0.25) is 11.8 Å². The van der Waals surface area contributed by atoms with Crippen molar-refractivity contribution in [1.29, 1.82) is 0 Å². The molecule has 2 aromatic heterocycles. The quantitative estimate of drug-likeness (QED) is 0.659. The number of aryl methyl sites for hydroxylation is 1. The van der Waals surface area contributed by atoms with Crippen LogP contribution in [0.3, 0.4) is 0 Å². The molecule has 0 saturated carbocycles. The minimum absolute atomic E-state index is 0.304. The van der Waals surface area contributed by atoms with Crippen molar-refractivity contribution >= 4 is 29.3 Å². The molecule has 0 spiro atoms. The lowest BCUT2D eigenvalue weighted by atomic mass is 10.1. The summed E-state index contributed by atoms with van der Waals surface area (Å²) in [7, 11) is 1.50. The van der Waals surface area contributed by atoms with E-state index < -0.39 is 0 Å². The minimum Gasteiger partial charge on any atom is -0.480 e. The van der Waals surface area contributed by atoms with Gasteiger partial charge in [-0.15, -0.1) is 0 Å². The van der Waals surface area contributed by atoms with E-state index in [9.17, 15) is 4.79 Å². The van der Waals surface area contributed by atoms with Gasteiger partial charge in [0.05, 0.1) is 26.0 Å². The Bertz CT molecular complexity index is 1050. The molecule has 4 rings (SSSR count).